The summed E-state index contributed by atoms with van der Waals surface area (Å²) in [7, 11) is 0. The molecule has 2 aromatic rings. The lowest BCUT2D eigenvalue weighted by atomic mass is 10.2. The van der Waals surface area contributed by atoms with E-state index in [1.807, 2.05) is 29.3 Å². The fraction of sp³-hybridized carbons (Fsp3) is 0.294. The van der Waals surface area contributed by atoms with Gasteiger partial charge < -0.3 is 9.80 Å². The summed E-state index contributed by atoms with van der Waals surface area (Å²) in [6.45, 7) is 4.25. The summed E-state index contributed by atoms with van der Waals surface area (Å²) in [5, 5.41) is 3.59. The monoisotopic (exact) mass is 345 g/mol. The molecular weight excluding hydrogens is 330 g/mol. The lowest BCUT2D eigenvalue weighted by Gasteiger charge is -2.38. The molecule has 23 heavy (non-hydrogen) atoms. The average molecular weight is 346 g/mol. The molecule has 0 radical (unpaired) electrons. The quantitative estimate of drug-likeness (QED) is 0.746. The van der Waals surface area contributed by atoms with Crippen molar-refractivity contribution in [2.24, 2.45) is 0 Å². The minimum Gasteiger partial charge on any atom is -0.344 e. The summed E-state index contributed by atoms with van der Waals surface area (Å²) in [5.74, 6) is 5.47. The Morgan fingerprint density at radius 1 is 1.43 bits per heavy atom. The Kier molecular flexibility index (Phi) is 4.85. The van der Waals surface area contributed by atoms with Crippen molar-refractivity contribution < 1.29 is 4.79 Å². The van der Waals surface area contributed by atoms with Crippen molar-refractivity contribution >= 4 is 34.0 Å². The van der Waals surface area contributed by atoms with Gasteiger partial charge in [0.2, 0.25) is 0 Å². The first-order valence-electron chi connectivity index (χ1n) is 7.36. The van der Waals surface area contributed by atoms with Crippen LogP contribution in [-0.2, 0) is 4.79 Å². The number of hydrogen-bond acceptors (Lipinski definition) is 4. The van der Waals surface area contributed by atoms with E-state index in [2.05, 4.69) is 21.7 Å². The van der Waals surface area contributed by atoms with Crippen LogP contribution in [0.3, 0.4) is 0 Å². The maximum atomic E-state index is 12.3. The molecule has 1 aliphatic rings. The molecule has 0 N–H and O–H groups in total. The summed E-state index contributed by atoms with van der Waals surface area (Å²) < 4.78 is 0. The number of carbonyl (C=O) groups is 1. The van der Waals surface area contributed by atoms with Crippen molar-refractivity contribution in [2.45, 2.75) is 13.0 Å². The van der Waals surface area contributed by atoms with Crippen LogP contribution < -0.4 is 4.90 Å². The van der Waals surface area contributed by atoms with Crippen LogP contribution in [0.25, 0.3) is 0 Å². The maximum absolute atomic E-state index is 12.3. The number of hydrogen-bond donors (Lipinski definition) is 0. The molecule has 3 rings (SSSR count). The summed E-state index contributed by atoms with van der Waals surface area (Å²) >= 11 is 7.54. The molecule has 1 amide bonds. The Bertz CT molecular complexity index is 751. The zero-order chi connectivity index (χ0) is 16.2. The molecule has 118 valence electrons. The minimum atomic E-state index is -0.142. The molecule has 0 bridgehead atoms. The number of rotatable bonds is 1. The largest absolute Gasteiger partial charge is 0.344 e. The molecule has 4 nitrogen and oxygen atoms in total. The zero-order valence-corrected chi connectivity index (χ0v) is 14.3. The Labute approximate surface area is 144 Å². The first-order valence-corrected chi connectivity index (χ1v) is 8.62. The van der Waals surface area contributed by atoms with Crippen LogP contribution in [0.4, 0.5) is 5.13 Å². The SMILES string of the molecule is CC1CN(c2nccs2)CCN1C(=O)C#Cc1cccc(Cl)c1. The van der Waals surface area contributed by atoms with E-state index in [-0.39, 0.29) is 11.9 Å². The Balaban J connectivity index is 1.65. The van der Waals surface area contributed by atoms with Crippen molar-refractivity contribution in [1.29, 1.82) is 0 Å². The minimum absolute atomic E-state index is 0.105. The summed E-state index contributed by atoms with van der Waals surface area (Å²) in [6, 6.07) is 7.32. The number of piperazine rings is 1. The van der Waals surface area contributed by atoms with Crippen LogP contribution >= 0.6 is 22.9 Å². The Morgan fingerprint density at radius 3 is 3.00 bits per heavy atom. The lowest BCUT2D eigenvalue weighted by Crippen LogP contribution is -2.53. The number of thiazole rings is 1. The van der Waals surface area contributed by atoms with Crippen molar-refractivity contribution in [3.63, 3.8) is 0 Å². The van der Waals surface area contributed by atoms with Gasteiger partial charge in [0, 0.05) is 53.8 Å². The Hall–Kier alpha value is -2.03. The molecule has 1 aromatic heterocycles. The van der Waals surface area contributed by atoms with E-state index in [0.29, 0.717) is 11.6 Å². The van der Waals surface area contributed by atoms with Gasteiger partial charge in [0.05, 0.1) is 0 Å². The third-order valence-electron chi connectivity index (χ3n) is 3.72. The Morgan fingerprint density at radius 2 is 2.30 bits per heavy atom. The number of benzene rings is 1. The fourth-order valence-electron chi connectivity index (χ4n) is 2.57. The molecule has 0 aliphatic carbocycles. The molecule has 1 unspecified atom stereocenters. The van der Waals surface area contributed by atoms with E-state index < -0.39 is 0 Å². The van der Waals surface area contributed by atoms with Gasteiger partial charge in [-0.25, -0.2) is 4.98 Å². The van der Waals surface area contributed by atoms with Gasteiger partial charge in [-0.3, -0.25) is 4.79 Å². The fourth-order valence-corrected chi connectivity index (χ4v) is 3.44. The van der Waals surface area contributed by atoms with Crippen LogP contribution in [0.15, 0.2) is 35.8 Å². The highest BCUT2D eigenvalue weighted by atomic mass is 35.5. The number of carbonyl (C=O) groups excluding carboxylic acids is 1. The zero-order valence-electron chi connectivity index (χ0n) is 12.7. The number of halogens is 1. The molecule has 1 atom stereocenters. The lowest BCUT2D eigenvalue weighted by molar-refractivity contribution is -0.127. The predicted molar refractivity (Wildman–Crippen MR) is 93.8 cm³/mol. The van der Waals surface area contributed by atoms with E-state index in [9.17, 15) is 4.79 Å². The van der Waals surface area contributed by atoms with Crippen LogP contribution in [0.2, 0.25) is 5.02 Å². The standard InChI is InChI=1S/C17H16ClN3OS/c1-13-12-20(17-19-7-10-23-17)8-9-21(13)16(22)6-5-14-3-2-4-15(18)11-14/h2-4,7,10-11,13H,8-9,12H2,1H3. The molecule has 6 heteroatoms. The second-order valence-corrected chi connectivity index (χ2v) is 6.68. The number of nitrogens with zero attached hydrogens (tertiary/aromatic N) is 3. The third kappa shape index (κ3) is 3.84. The van der Waals surface area contributed by atoms with Gasteiger partial charge in [-0.15, -0.1) is 11.3 Å². The molecule has 1 saturated heterocycles. The first-order chi connectivity index (χ1) is 11.1. The topological polar surface area (TPSA) is 36.4 Å². The molecule has 1 aromatic carbocycles. The number of anilines is 1. The second-order valence-electron chi connectivity index (χ2n) is 5.37. The molecular formula is C17H16ClN3OS. The van der Waals surface area contributed by atoms with Gasteiger partial charge in [0.15, 0.2) is 5.13 Å². The first kappa shape index (κ1) is 15.9. The van der Waals surface area contributed by atoms with Crippen molar-refractivity contribution in [3.8, 4) is 11.8 Å². The van der Waals surface area contributed by atoms with Gasteiger partial charge in [0.25, 0.3) is 5.91 Å². The summed E-state index contributed by atoms with van der Waals surface area (Å²) in [5.41, 5.74) is 0.750. The second kappa shape index (κ2) is 7.03. The van der Waals surface area contributed by atoms with Crippen LogP contribution in [-0.4, -0.2) is 41.5 Å². The number of amides is 1. The van der Waals surface area contributed by atoms with Crippen molar-refractivity contribution in [3.05, 3.63) is 46.4 Å². The third-order valence-corrected chi connectivity index (χ3v) is 4.78. The highest BCUT2D eigenvalue weighted by Gasteiger charge is 2.27. The van der Waals surface area contributed by atoms with E-state index in [4.69, 9.17) is 11.6 Å². The van der Waals surface area contributed by atoms with Gasteiger partial charge >= 0.3 is 0 Å². The molecule has 2 heterocycles. The summed E-state index contributed by atoms with van der Waals surface area (Å²) in [4.78, 5) is 20.7. The van der Waals surface area contributed by atoms with E-state index in [1.165, 1.54) is 0 Å². The van der Waals surface area contributed by atoms with Gasteiger partial charge in [-0.2, -0.15) is 0 Å². The van der Waals surface area contributed by atoms with Crippen molar-refractivity contribution in [1.82, 2.24) is 9.88 Å². The van der Waals surface area contributed by atoms with Crippen LogP contribution in [0, 0.1) is 11.8 Å². The van der Waals surface area contributed by atoms with E-state index in [1.54, 1.807) is 29.7 Å². The molecule has 0 spiro atoms. The van der Waals surface area contributed by atoms with Gasteiger partial charge in [-0.05, 0) is 25.1 Å². The molecule has 0 saturated carbocycles. The average Bonchev–Trinajstić information content (AvgIpc) is 3.07. The number of aromatic nitrogens is 1. The van der Waals surface area contributed by atoms with E-state index >= 15 is 0 Å². The van der Waals surface area contributed by atoms with Crippen LogP contribution in [0.5, 0.6) is 0 Å². The molecule has 1 aliphatic heterocycles. The van der Waals surface area contributed by atoms with E-state index in [0.717, 1.165) is 23.8 Å². The predicted octanol–water partition coefficient (Wildman–Crippen LogP) is 2.89. The molecule has 1 fully saturated rings. The van der Waals surface area contributed by atoms with Gasteiger partial charge in [-0.1, -0.05) is 23.6 Å². The van der Waals surface area contributed by atoms with Crippen molar-refractivity contribution in [2.75, 3.05) is 24.5 Å². The maximum Gasteiger partial charge on any atom is 0.299 e. The summed E-state index contributed by atoms with van der Waals surface area (Å²) in [6.07, 6.45) is 1.80. The van der Waals surface area contributed by atoms with Crippen LogP contribution in [0.1, 0.15) is 12.5 Å². The normalized spacial score (nSPS) is 17.6. The smallest absolute Gasteiger partial charge is 0.299 e. The van der Waals surface area contributed by atoms with Gasteiger partial charge in [0.1, 0.15) is 0 Å². The highest BCUT2D eigenvalue weighted by Crippen LogP contribution is 2.21. The highest BCUT2D eigenvalue weighted by molar-refractivity contribution is 7.13.